The minimum absolute atomic E-state index is 0.272. The van der Waals surface area contributed by atoms with Crippen LogP contribution in [0.3, 0.4) is 0 Å². The molecule has 2 aromatic rings. The van der Waals surface area contributed by atoms with Gasteiger partial charge in [-0.2, -0.15) is 13.2 Å². The number of halogens is 3. The molecule has 134 valence electrons. The second-order valence-electron chi connectivity index (χ2n) is 6.00. The number of carbonyl (C=O) groups is 1. The molecule has 1 amide bonds. The van der Waals surface area contributed by atoms with Crippen LogP contribution in [0.15, 0.2) is 54.6 Å². The Labute approximate surface area is 144 Å². The van der Waals surface area contributed by atoms with E-state index in [1.165, 1.54) is 19.1 Å². The third kappa shape index (κ3) is 4.82. The summed E-state index contributed by atoms with van der Waals surface area (Å²) in [6.07, 6.45) is -5.36. The van der Waals surface area contributed by atoms with Crippen LogP contribution >= 0.6 is 0 Å². The van der Waals surface area contributed by atoms with Crippen molar-refractivity contribution in [1.82, 2.24) is 5.32 Å². The first-order valence-electron chi connectivity index (χ1n) is 7.90. The fourth-order valence-electron chi connectivity index (χ4n) is 2.50. The molecule has 3 nitrogen and oxygen atoms in total. The van der Waals surface area contributed by atoms with E-state index in [1.54, 1.807) is 31.2 Å². The van der Waals surface area contributed by atoms with E-state index in [-0.39, 0.29) is 5.56 Å². The summed E-state index contributed by atoms with van der Waals surface area (Å²) in [5.74, 6) is -1.21. The summed E-state index contributed by atoms with van der Waals surface area (Å²) in [5, 5.41) is 12.9. The van der Waals surface area contributed by atoms with Crippen LogP contribution in [-0.4, -0.2) is 17.1 Å². The Kier molecular flexibility index (Phi) is 5.85. The number of amides is 1. The van der Waals surface area contributed by atoms with Gasteiger partial charge in [-0.1, -0.05) is 48.5 Å². The first kappa shape index (κ1) is 19.0. The Hall–Kier alpha value is -2.34. The minimum Gasteiger partial charge on any atom is -0.386 e. The lowest BCUT2D eigenvalue weighted by Crippen LogP contribution is -2.39. The summed E-state index contributed by atoms with van der Waals surface area (Å²) in [6.45, 7) is 3.18. The third-order valence-corrected chi connectivity index (χ3v) is 4.09. The standard InChI is InChI=1S/C19H20F3NO2/c1-12(15-9-6-10-16(11-15)19(20,21)22)18(25)23-13(2)17(24)14-7-4-3-5-8-14/h3-13,17,24H,1-2H3,(H,23,25). The van der Waals surface area contributed by atoms with Crippen LogP contribution in [0.5, 0.6) is 0 Å². The molecule has 0 aliphatic heterocycles. The molecule has 2 N–H and O–H groups in total. The highest BCUT2D eigenvalue weighted by Crippen LogP contribution is 2.31. The minimum atomic E-state index is -4.46. The number of aliphatic hydroxyl groups is 1. The Bertz CT molecular complexity index is 716. The SMILES string of the molecule is CC(C(=O)NC(C)C(O)c1ccccc1)c1cccc(C(F)(F)F)c1. The van der Waals surface area contributed by atoms with Gasteiger partial charge in [0.05, 0.1) is 23.6 Å². The van der Waals surface area contributed by atoms with Gasteiger partial charge in [-0.3, -0.25) is 4.79 Å². The lowest BCUT2D eigenvalue weighted by Gasteiger charge is -2.23. The van der Waals surface area contributed by atoms with Crippen LogP contribution in [0.4, 0.5) is 13.2 Å². The number of aliphatic hydroxyl groups excluding tert-OH is 1. The van der Waals surface area contributed by atoms with E-state index < -0.39 is 35.7 Å². The van der Waals surface area contributed by atoms with E-state index >= 15 is 0 Å². The quantitative estimate of drug-likeness (QED) is 0.854. The first-order valence-corrected chi connectivity index (χ1v) is 7.90. The van der Waals surface area contributed by atoms with E-state index in [0.717, 1.165) is 12.1 Å². The highest BCUT2D eigenvalue weighted by molar-refractivity contribution is 5.83. The molecule has 0 radical (unpaired) electrons. The van der Waals surface area contributed by atoms with Gasteiger partial charge in [0.2, 0.25) is 5.91 Å². The number of hydrogen-bond acceptors (Lipinski definition) is 2. The molecule has 0 aliphatic carbocycles. The number of hydrogen-bond donors (Lipinski definition) is 2. The maximum Gasteiger partial charge on any atom is 0.416 e. The molecule has 25 heavy (non-hydrogen) atoms. The molecule has 0 saturated heterocycles. The summed E-state index contributed by atoms with van der Waals surface area (Å²) in [4.78, 5) is 12.3. The van der Waals surface area contributed by atoms with Crippen molar-refractivity contribution in [2.45, 2.75) is 38.1 Å². The van der Waals surface area contributed by atoms with Gasteiger partial charge in [0.1, 0.15) is 0 Å². The molecule has 3 unspecified atom stereocenters. The Morgan fingerprint density at radius 1 is 1.00 bits per heavy atom. The predicted molar refractivity (Wildman–Crippen MR) is 88.9 cm³/mol. The van der Waals surface area contributed by atoms with Crippen LogP contribution in [0.2, 0.25) is 0 Å². The third-order valence-electron chi connectivity index (χ3n) is 4.09. The highest BCUT2D eigenvalue weighted by atomic mass is 19.4. The van der Waals surface area contributed by atoms with Gasteiger partial charge in [-0.05, 0) is 31.0 Å². The maximum atomic E-state index is 12.8. The molecule has 0 fully saturated rings. The van der Waals surface area contributed by atoms with E-state index in [2.05, 4.69) is 5.32 Å². The number of carbonyl (C=O) groups excluding carboxylic acids is 1. The summed E-state index contributed by atoms with van der Waals surface area (Å²) in [5.41, 5.74) is 0.137. The van der Waals surface area contributed by atoms with Crippen molar-refractivity contribution >= 4 is 5.91 Å². The molecule has 0 aromatic heterocycles. The normalized spacial score (nSPS) is 15.3. The number of benzene rings is 2. The van der Waals surface area contributed by atoms with E-state index in [4.69, 9.17) is 0 Å². The summed E-state index contributed by atoms with van der Waals surface area (Å²) < 4.78 is 38.4. The zero-order valence-corrected chi connectivity index (χ0v) is 13.9. The number of nitrogens with one attached hydrogen (secondary N) is 1. The Morgan fingerprint density at radius 3 is 2.20 bits per heavy atom. The van der Waals surface area contributed by atoms with Gasteiger partial charge in [0.25, 0.3) is 0 Å². The van der Waals surface area contributed by atoms with Crippen molar-refractivity contribution in [3.8, 4) is 0 Å². The first-order chi connectivity index (χ1) is 11.7. The molecular weight excluding hydrogens is 331 g/mol. The molecule has 0 bridgehead atoms. The van der Waals surface area contributed by atoms with E-state index in [0.29, 0.717) is 5.56 Å². The largest absolute Gasteiger partial charge is 0.416 e. The smallest absolute Gasteiger partial charge is 0.386 e. The molecule has 2 rings (SSSR count). The molecule has 2 aromatic carbocycles. The van der Waals surface area contributed by atoms with Gasteiger partial charge in [0.15, 0.2) is 0 Å². The van der Waals surface area contributed by atoms with Gasteiger partial charge in [0, 0.05) is 0 Å². The lowest BCUT2D eigenvalue weighted by atomic mass is 9.97. The Morgan fingerprint density at radius 2 is 1.60 bits per heavy atom. The monoisotopic (exact) mass is 351 g/mol. The van der Waals surface area contributed by atoms with Crippen molar-refractivity contribution in [3.05, 3.63) is 71.3 Å². The van der Waals surface area contributed by atoms with Crippen LogP contribution in [0.25, 0.3) is 0 Å². The van der Waals surface area contributed by atoms with Gasteiger partial charge in [-0.15, -0.1) is 0 Å². The second kappa shape index (κ2) is 7.70. The molecule has 0 saturated carbocycles. The molecule has 6 heteroatoms. The molecular formula is C19H20F3NO2. The average molecular weight is 351 g/mol. The van der Waals surface area contributed by atoms with Crippen LogP contribution < -0.4 is 5.32 Å². The summed E-state index contributed by atoms with van der Waals surface area (Å²) >= 11 is 0. The van der Waals surface area contributed by atoms with Crippen molar-refractivity contribution in [1.29, 1.82) is 0 Å². The van der Waals surface area contributed by atoms with Gasteiger partial charge in [-0.25, -0.2) is 0 Å². The zero-order valence-electron chi connectivity index (χ0n) is 13.9. The summed E-state index contributed by atoms with van der Waals surface area (Å²) in [7, 11) is 0. The maximum absolute atomic E-state index is 12.8. The second-order valence-corrected chi connectivity index (χ2v) is 6.00. The number of rotatable bonds is 5. The topological polar surface area (TPSA) is 49.3 Å². The van der Waals surface area contributed by atoms with Crippen molar-refractivity contribution in [3.63, 3.8) is 0 Å². The fourth-order valence-corrected chi connectivity index (χ4v) is 2.50. The van der Waals surface area contributed by atoms with Gasteiger partial charge < -0.3 is 10.4 Å². The van der Waals surface area contributed by atoms with E-state index in [1.807, 2.05) is 6.07 Å². The Balaban J connectivity index is 2.07. The van der Waals surface area contributed by atoms with Crippen molar-refractivity contribution in [2.75, 3.05) is 0 Å². The molecule has 0 heterocycles. The van der Waals surface area contributed by atoms with E-state index in [9.17, 15) is 23.1 Å². The zero-order chi connectivity index (χ0) is 18.6. The molecule has 3 atom stereocenters. The van der Waals surface area contributed by atoms with Crippen LogP contribution in [0.1, 0.15) is 42.6 Å². The van der Waals surface area contributed by atoms with Crippen LogP contribution in [-0.2, 0) is 11.0 Å². The van der Waals surface area contributed by atoms with Gasteiger partial charge >= 0.3 is 6.18 Å². The van der Waals surface area contributed by atoms with Crippen molar-refractivity contribution < 1.29 is 23.1 Å². The fraction of sp³-hybridized carbons (Fsp3) is 0.316. The molecule has 0 aliphatic rings. The van der Waals surface area contributed by atoms with Crippen molar-refractivity contribution in [2.24, 2.45) is 0 Å². The molecule has 0 spiro atoms. The number of alkyl halides is 3. The average Bonchev–Trinajstić information content (AvgIpc) is 2.60. The highest BCUT2D eigenvalue weighted by Gasteiger charge is 2.31. The predicted octanol–water partition coefficient (Wildman–Crippen LogP) is 4.05. The lowest BCUT2D eigenvalue weighted by molar-refractivity contribution is -0.137. The summed E-state index contributed by atoms with van der Waals surface area (Å²) in [6, 6.07) is 13.0. The van der Waals surface area contributed by atoms with Crippen LogP contribution in [0, 0.1) is 0 Å².